The van der Waals surface area contributed by atoms with E-state index in [-0.39, 0.29) is 11.5 Å². The molecule has 0 bridgehead atoms. The highest BCUT2D eigenvalue weighted by atomic mass is 32.2. The molecule has 1 fully saturated rings. The maximum Gasteiger partial charge on any atom is 0.241 e. The van der Waals surface area contributed by atoms with Crippen molar-refractivity contribution in [3.63, 3.8) is 0 Å². The van der Waals surface area contributed by atoms with Crippen molar-refractivity contribution in [2.24, 2.45) is 0 Å². The molecule has 0 amide bonds. The van der Waals surface area contributed by atoms with Gasteiger partial charge in [0.2, 0.25) is 10.0 Å². The highest BCUT2D eigenvalue weighted by molar-refractivity contribution is 7.89. The summed E-state index contributed by atoms with van der Waals surface area (Å²) in [6.07, 6.45) is 3.68. The summed E-state index contributed by atoms with van der Waals surface area (Å²) in [5.41, 5.74) is 0. The van der Waals surface area contributed by atoms with Gasteiger partial charge in [-0.05, 0) is 37.4 Å². The Kier molecular flexibility index (Phi) is 5.35. The van der Waals surface area contributed by atoms with Gasteiger partial charge in [-0.3, -0.25) is 0 Å². The van der Waals surface area contributed by atoms with Crippen LogP contribution in [0.25, 0.3) is 0 Å². The third-order valence-electron chi connectivity index (χ3n) is 3.31. The second kappa shape index (κ2) is 6.81. The summed E-state index contributed by atoms with van der Waals surface area (Å²) in [6, 6.07) is 1.54. The summed E-state index contributed by atoms with van der Waals surface area (Å²) in [7, 11) is -3.49. The van der Waals surface area contributed by atoms with Gasteiger partial charge in [0.25, 0.3) is 0 Å². The lowest BCUT2D eigenvalue weighted by Gasteiger charge is -2.26. The molecule has 1 aliphatic heterocycles. The van der Waals surface area contributed by atoms with Crippen LogP contribution in [-0.4, -0.2) is 44.6 Å². The minimum absolute atomic E-state index is 0.207. The topological polar surface area (TPSA) is 69.6 Å². The average molecular weight is 304 g/mol. The second-order valence-electron chi connectivity index (χ2n) is 4.67. The van der Waals surface area contributed by atoms with E-state index in [2.05, 4.69) is 9.62 Å². The van der Waals surface area contributed by atoms with E-state index in [1.807, 2.05) is 0 Å². The Balaban J connectivity index is 1.87. The Morgan fingerprint density at radius 2 is 2.05 bits per heavy atom. The summed E-state index contributed by atoms with van der Waals surface area (Å²) in [5.74, 6) is 0. The second-order valence-corrected chi connectivity index (χ2v) is 7.40. The Morgan fingerprint density at radius 3 is 2.74 bits per heavy atom. The zero-order valence-corrected chi connectivity index (χ0v) is 12.5. The van der Waals surface area contributed by atoms with Crippen molar-refractivity contribution >= 4 is 21.4 Å². The van der Waals surface area contributed by atoms with Gasteiger partial charge in [-0.1, -0.05) is 6.42 Å². The van der Waals surface area contributed by atoms with Crippen molar-refractivity contribution in [3.05, 3.63) is 16.3 Å². The van der Waals surface area contributed by atoms with Crippen LogP contribution in [0.15, 0.2) is 16.3 Å². The molecule has 0 spiro atoms. The lowest BCUT2D eigenvalue weighted by Crippen LogP contribution is -2.37. The third kappa shape index (κ3) is 4.00. The maximum absolute atomic E-state index is 12.1. The first-order chi connectivity index (χ1) is 9.13. The highest BCUT2D eigenvalue weighted by Crippen LogP contribution is 2.21. The highest BCUT2D eigenvalue weighted by Gasteiger charge is 2.19. The van der Waals surface area contributed by atoms with E-state index < -0.39 is 10.0 Å². The SMILES string of the molecule is O=S(=O)(NCCN1CCCCC1)c1ccsc1CO. The molecule has 19 heavy (non-hydrogen) atoms. The number of sulfonamides is 1. The molecule has 1 saturated heterocycles. The molecule has 1 aromatic heterocycles. The molecule has 7 heteroatoms. The summed E-state index contributed by atoms with van der Waals surface area (Å²) >= 11 is 1.26. The normalized spacial score (nSPS) is 17.7. The van der Waals surface area contributed by atoms with Crippen LogP contribution in [-0.2, 0) is 16.6 Å². The van der Waals surface area contributed by atoms with Gasteiger partial charge in [0.05, 0.1) is 11.5 Å². The first-order valence-corrected chi connectivity index (χ1v) is 8.89. The van der Waals surface area contributed by atoms with Crippen LogP contribution in [0, 0.1) is 0 Å². The smallest absolute Gasteiger partial charge is 0.241 e. The van der Waals surface area contributed by atoms with E-state index in [0.717, 1.165) is 19.6 Å². The molecule has 0 aliphatic carbocycles. The molecule has 2 rings (SSSR count). The van der Waals surface area contributed by atoms with Crippen molar-refractivity contribution in [2.75, 3.05) is 26.2 Å². The van der Waals surface area contributed by atoms with Crippen LogP contribution in [0.2, 0.25) is 0 Å². The molecule has 0 unspecified atom stereocenters. The van der Waals surface area contributed by atoms with E-state index >= 15 is 0 Å². The number of likely N-dealkylation sites (tertiary alicyclic amines) is 1. The van der Waals surface area contributed by atoms with E-state index in [4.69, 9.17) is 5.11 Å². The zero-order chi connectivity index (χ0) is 13.7. The van der Waals surface area contributed by atoms with Crippen LogP contribution in [0.5, 0.6) is 0 Å². The Bertz CT molecular complexity index is 493. The van der Waals surface area contributed by atoms with Gasteiger partial charge in [0.15, 0.2) is 0 Å². The summed E-state index contributed by atoms with van der Waals surface area (Å²) in [4.78, 5) is 2.98. The monoisotopic (exact) mass is 304 g/mol. The first kappa shape index (κ1) is 14.9. The van der Waals surface area contributed by atoms with Gasteiger partial charge in [0.1, 0.15) is 0 Å². The number of hydrogen-bond acceptors (Lipinski definition) is 5. The van der Waals surface area contributed by atoms with Crippen molar-refractivity contribution in [3.8, 4) is 0 Å². The summed E-state index contributed by atoms with van der Waals surface area (Å²) in [6.45, 7) is 3.05. The largest absolute Gasteiger partial charge is 0.391 e. The van der Waals surface area contributed by atoms with Crippen LogP contribution in [0.4, 0.5) is 0 Å². The number of nitrogens with zero attached hydrogens (tertiary/aromatic N) is 1. The minimum Gasteiger partial charge on any atom is -0.391 e. The number of aliphatic hydroxyl groups is 1. The average Bonchev–Trinajstić information content (AvgIpc) is 2.89. The summed E-state index contributed by atoms with van der Waals surface area (Å²) in [5, 5.41) is 10.8. The lowest BCUT2D eigenvalue weighted by atomic mass is 10.1. The number of aliphatic hydroxyl groups excluding tert-OH is 1. The lowest BCUT2D eigenvalue weighted by molar-refractivity contribution is 0.232. The van der Waals surface area contributed by atoms with Gasteiger partial charge < -0.3 is 10.0 Å². The standard InChI is InChI=1S/C12H20N2O3S2/c15-10-11-12(4-9-18-11)19(16,17)13-5-8-14-6-2-1-3-7-14/h4,9,13,15H,1-3,5-8,10H2. The quantitative estimate of drug-likeness (QED) is 0.823. The number of thiophene rings is 1. The fraction of sp³-hybridized carbons (Fsp3) is 0.667. The molecule has 0 saturated carbocycles. The van der Waals surface area contributed by atoms with Gasteiger partial charge in [-0.15, -0.1) is 11.3 Å². The Labute approximate surface area is 118 Å². The molecular formula is C12H20N2O3S2. The van der Waals surface area contributed by atoms with Crippen molar-refractivity contribution in [1.82, 2.24) is 9.62 Å². The van der Waals surface area contributed by atoms with Gasteiger partial charge >= 0.3 is 0 Å². The predicted molar refractivity (Wildman–Crippen MR) is 75.7 cm³/mol. The predicted octanol–water partition coefficient (Wildman–Crippen LogP) is 1.00. The van der Waals surface area contributed by atoms with Gasteiger partial charge in [0, 0.05) is 18.0 Å². The van der Waals surface area contributed by atoms with E-state index in [1.54, 1.807) is 11.4 Å². The molecule has 0 radical (unpaired) electrons. The van der Waals surface area contributed by atoms with Crippen molar-refractivity contribution in [2.45, 2.75) is 30.8 Å². The Morgan fingerprint density at radius 1 is 1.32 bits per heavy atom. The van der Waals surface area contributed by atoms with Crippen molar-refractivity contribution in [1.29, 1.82) is 0 Å². The van der Waals surface area contributed by atoms with Gasteiger partial charge in [-0.2, -0.15) is 0 Å². The zero-order valence-electron chi connectivity index (χ0n) is 10.8. The molecule has 1 aliphatic rings. The summed E-state index contributed by atoms with van der Waals surface area (Å²) < 4.78 is 26.8. The van der Waals surface area contributed by atoms with Crippen LogP contribution >= 0.6 is 11.3 Å². The number of hydrogen-bond donors (Lipinski definition) is 2. The fourth-order valence-corrected chi connectivity index (χ4v) is 4.60. The van der Waals surface area contributed by atoms with Crippen LogP contribution in [0.1, 0.15) is 24.1 Å². The van der Waals surface area contributed by atoms with Crippen LogP contribution in [0.3, 0.4) is 0 Å². The van der Waals surface area contributed by atoms with E-state index in [0.29, 0.717) is 11.4 Å². The van der Waals surface area contributed by atoms with Crippen LogP contribution < -0.4 is 4.72 Å². The van der Waals surface area contributed by atoms with E-state index in [1.165, 1.54) is 30.6 Å². The molecule has 2 N–H and O–H groups in total. The van der Waals surface area contributed by atoms with Crippen molar-refractivity contribution < 1.29 is 13.5 Å². The maximum atomic E-state index is 12.1. The third-order valence-corrected chi connectivity index (χ3v) is 5.89. The Hall–Kier alpha value is -0.470. The molecular weight excluding hydrogens is 284 g/mol. The molecule has 108 valence electrons. The number of nitrogens with one attached hydrogen (secondary N) is 1. The first-order valence-electron chi connectivity index (χ1n) is 6.53. The molecule has 0 atom stereocenters. The minimum atomic E-state index is -3.49. The number of rotatable bonds is 6. The van der Waals surface area contributed by atoms with Gasteiger partial charge in [-0.25, -0.2) is 13.1 Å². The fourth-order valence-electron chi connectivity index (χ4n) is 2.28. The molecule has 2 heterocycles. The molecule has 1 aromatic rings. The molecule has 0 aromatic carbocycles. The molecule has 5 nitrogen and oxygen atoms in total. The van der Waals surface area contributed by atoms with E-state index in [9.17, 15) is 8.42 Å². The number of piperidine rings is 1.